The number of pyridine rings is 1. The van der Waals surface area contributed by atoms with Crippen LogP contribution in [0.4, 0.5) is 0 Å². The maximum Gasteiger partial charge on any atom is 0.0606 e. The molecule has 11 heavy (non-hydrogen) atoms. The van der Waals surface area contributed by atoms with E-state index in [0.29, 0.717) is 5.03 Å². The molecule has 0 aliphatic rings. The lowest BCUT2D eigenvalue weighted by molar-refractivity contribution is 1.19. The minimum atomic E-state index is 0.513. The number of aromatic nitrogens is 1. The molecular weight excluding hydrogens is 181 g/mol. The van der Waals surface area contributed by atoms with Crippen molar-refractivity contribution in [2.24, 2.45) is 0 Å². The molecule has 0 spiro atoms. The monoisotopic (exact) mass is 187 g/mol. The topological polar surface area (TPSA) is 12.9 Å². The van der Waals surface area contributed by atoms with Gasteiger partial charge in [0.1, 0.15) is 0 Å². The standard InChI is InChI=1S/C8H7Cl2N/c1-6-2-3-7(5-11-6)8(10)4-9/h2-5H,1H3/b8-4-. The Kier molecular flexibility index (Phi) is 2.92. The molecular formula is C8H7Cl2N. The first-order chi connectivity index (χ1) is 5.24. The predicted molar refractivity (Wildman–Crippen MR) is 48.7 cm³/mol. The molecule has 1 nitrogen and oxygen atoms in total. The zero-order valence-corrected chi connectivity index (χ0v) is 7.52. The van der Waals surface area contributed by atoms with Gasteiger partial charge in [-0.1, -0.05) is 29.3 Å². The van der Waals surface area contributed by atoms with Crippen molar-refractivity contribution in [2.45, 2.75) is 6.92 Å². The summed E-state index contributed by atoms with van der Waals surface area (Å²) < 4.78 is 0. The highest BCUT2D eigenvalue weighted by atomic mass is 35.5. The Morgan fingerprint density at radius 1 is 1.55 bits per heavy atom. The largest absolute Gasteiger partial charge is 0.261 e. The smallest absolute Gasteiger partial charge is 0.0606 e. The van der Waals surface area contributed by atoms with E-state index in [1.807, 2.05) is 19.1 Å². The van der Waals surface area contributed by atoms with Crippen LogP contribution in [-0.4, -0.2) is 4.98 Å². The van der Waals surface area contributed by atoms with Crippen molar-refractivity contribution < 1.29 is 0 Å². The Labute approximate surface area is 75.7 Å². The maximum absolute atomic E-state index is 5.73. The van der Waals surface area contributed by atoms with Gasteiger partial charge in [-0.05, 0) is 13.0 Å². The van der Waals surface area contributed by atoms with E-state index in [4.69, 9.17) is 23.2 Å². The fraction of sp³-hybridized carbons (Fsp3) is 0.125. The normalized spacial score (nSPS) is 11.7. The number of halogens is 2. The molecule has 0 N–H and O–H groups in total. The summed E-state index contributed by atoms with van der Waals surface area (Å²) in [4.78, 5) is 4.06. The zero-order valence-electron chi connectivity index (χ0n) is 6.01. The molecule has 0 bridgehead atoms. The molecule has 0 amide bonds. The van der Waals surface area contributed by atoms with Gasteiger partial charge in [-0.2, -0.15) is 0 Å². The number of nitrogens with zero attached hydrogens (tertiary/aromatic N) is 1. The van der Waals surface area contributed by atoms with E-state index in [1.165, 1.54) is 5.54 Å². The molecule has 0 fully saturated rings. The SMILES string of the molecule is Cc1ccc(/C(Cl)=C/Cl)cn1. The summed E-state index contributed by atoms with van der Waals surface area (Å²) in [5, 5.41) is 0.513. The van der Waals surface area contributed by atoms with Gasteiger partial charge in [-0.25, -0.2) is 0 Å². The Hall–Kier alpha value is -0.530. The predicted octanol–water partition coefficient (Wildman–Crippen LogP) is 3.17. The van der Waals surface area contributed by atoms with E-state index >= 15 is 0 Å². The van der Waals surface area contributed by atoms with Crippen molar-refractivity contribution in [3.8, 4) is 0 Å². The van der Waals surface area contributed by atoms with Gasteiger partial charge in [0.2, 0.25) is 0 Å². The summed E-state index contributed by atoms with van der Waals surface area (Å²) in [7, 11) is 0. The molecule has 1 rings (SSSR count). The van der Waals surface area contributed by atoms with Crippen LogP contribution in [0.3, 0.4) is 0 Å². The van der Waals surface area contributed by atoms with Crippen molar-refractivity contribution in [1.29, 1.82) is 0 Å². The lowest BCUT2D eigenvalue weighted by atomic mass is 10.2. The number of hydrogen-bond donors (Lipinski definition) is 0. The first-order valence-electron chi connectivity index (χ1n) is 3.13. The molecule has 58 valence electrons. The Balaban J connectivity index is 2.99. The van der Waals surface area contributed by atoms with E-state index in [2.05, 4.69) is 4.98 Å². The second-order valence-corrected chi connectivity index (χ2v) is 2.77. The lowest BCUT2D eigenvalue weighted by Gasteiger charge is -1.96. The molecule has 1 heterocycles. The van der Waals surface area contributed by atoms with Gasteiger partial charge in [-0.3, -0.25) is 4.98 Å². The lowest BCUT2D eigenvalue weighted by Crippen LogP contribution is -1.82. The highest BCUT2D eigenvalue weighted by Crippen LogP contribution is 2.18. The van der Waals surface area contributed by atoms with Crippen molar-refractivity contribution in [3.63, 3.8) is 0 Å². The molecule has 1 aromatic heterocycles. The van der Waals surface area contributed by atoms with E-state index in [0.717, 1.165) is 11.3 Å². The highest BCUT2D eigenvalue weighted by molar-refractivity contribution is 6.52. The molecule has 0 saturated carbocycles. The summed E-state index contributed by atoms with van der Waals surface area (Å²) in [6, 6.07) is 3.77. The van der Waals surface area contributed by atoms with Gasteiger partial charge >= 0.3 is 0 Å². The maximum atomic E-state index is 5.73. The average molecular weight is 188 g/mol. The van der Waals surface area contributed by atoms with Crippen molar-refractivity contribution in [1.82, 2.24) is 4.98 Å². The van der Waals surface area contributed by atoms with Gasteiger partial charge < -0.3 is 0 Å². The van der Waals surface area contributed by atoms with Crippen LogP contribution in [-0.2, 0) is 0 Å². The van der Waals surface area contributed by atoms with Crippen molar-refractivity contribution >= 4 is 28.2 Å². The number of rotatable bonds is 1. The molecule has 0 aromatic carbocycles. The Bertz CT molecular complexity index is 264. The van der Waals surface area contributed by atoms with Crippen LogP contribution >= 0.6 is 23.2 Å². The highest BCUT2D eigenvalue weighted by Gasteiger charge is 1.95. The van der Waals surface area contributed by atoms with Crippen LogP contribution in [0, 0.1) is 6.92 Å². The number of aryl methyl sites for hydroxylation is 1. The molecule has 0 unspecified atom stereocenters. The first kappa shape index (κ1) is 8.57. The third kappa shape index (κ3) is 2.21. The molecule has 0 radical (unpaired) electrons. The average Bonchev–Trinajstić information content (AvgIpc) is 2.05. The third-order valence-corrected chi connectivity index (χ3v) is 1.94. The zero-order chi connectivity index (χ0) is 8.27. The van der Waals surface area contributed by atoms with Crippen LogP contribution in [0.2, 0.25) is 0 Å². The fourth-order valence-corrected chi connectivity index (χ4v) is 0.910. The summed E-state index contributed by atoms with van der Waals surface area (Å²) in [5.74, 6) is 0. The quantitative estimate of drug-likeness (QED) is 0.659. The summed E-state index contributed by atoms with van der Waals surface area (Å²) in [6.45, 7) is 1.92. The van der Waals surface area contributed by atoms with Crippen LogP contribution in [0.15, 0.2) is 23.9 Å². The minimum absolute atomic E-state index is 0.513. The first-order valence-corrected chi connectivity index (χ1v) is 3.94. The summed E-state index contributed by atoms with van der Waals surface area (Å²) in [5.41, 5.74) is 3.13. The van der Waals surface area contributed by atoms with Gasteiger partial charge in [0.05, 0.1) is 5.03 Å². The fourth-order valence-electron chi connectivity index (χ4n) is 0.672. The van der Waals surface area contributed by atoms with Crippen molar-refractivity contribution in [2.75, 3.05) is 0 Å². The van der Waals surface area contributed by atoms with Crippen LogP contribution < -0.4 is 0 Å². The van der Waals surface area contributed by atoms with Gasteiger partial charge in [0.25, 0.3) is 0 Å². The molecule has 0 saturated heterocycles. The third-order valence-electron chi connectivity index (χ3n) is 1.28. The van der Waals surface area contributed by atoms with Crippen LogP contribution in [0.1, 0.15) is 11.3 Å². The van der Waals surface area contributed by atoms with Crippen LogP contribution in [0.5, 0.6) is 0 Å². The minimum Gasteiger partial charge on any atom is -0.261 e. The molecule has 0 aliphatic heterocycles. The van der Waals surface area contributed by atoms with E-state index in [9.17, 15) is 0 Å². The summed E-state index contributed by atoms with van der Waals surface area (Å²) in [6.07, 6.45) is 1.69. The van der Waals surface area contributed by atoms with Gasteiger partial charge in [0, 0.05) is 23.0 Å². The van der Waals surface area contributed by atoms with E-state index in [1.54, 1.807) is 6.20 Å². The van der Waals surface area contributed by atoms with Gasteiger partial charge in [-0.15, -0.1) is 0 Å². The Morgan fingerprint density at radius 3 is 2.73 bits per heavy atom. The van der Waals surface area contributed by atoms with E-state index in [-0.39, 0.29) is 0 Å². The molecule has 1 aromatic rings. The second kappa shape index (κ2) is 3.74. The second-order valence-electron chi connectivity index (χ2n) is 2.15. The van der Waals surface area contributed by atoms with E-state index < -0.39 is 0 Å². The van der Waals surface area contributed by atoms with Crippen molar-refractivity contribution in [3.05, 3.63) is 35.1 Å². The van der Waals surface area contributed by atoms with Crippen LogP contribution in [0.25, 0.3) is 5.03 Å². The summed E-state index contributed by atoms with van der Waals surface area (Å²) >= 11 is 11.1. The molecule has 3 heteroatoms. The number of hydrogen-bond acceptors (Lipinski definition) is 1. The van der Waals surface area contributed by atoms with Gasteiger partial charge in [0.15, 0.2) is 0 Å². The molecule has 0 aliphatic carbocycles. The Morgan fingerprint density at radius 2 is 2.27 bits per heavy atom. The molecule has 0 atom stereocenters.